The van der Waals surface area contributed by atoms with Gasteiger partial charge in [-0.1, -0.05) is 15.9 Å². The molecule has 1 aromatic rings. The average Bonchev–Trinajstić information content (AvgIpc) is 2.15. The molecule has 4 nitrogen and oxygen atoms in total. The first-order valence-corrected chi connectivity index (χ1v) is 4.73. The standard InChI is InChI=1S/C8H8BrNO3/c9-6-13-5-7-1-3-8(4-2-7)10(11)12/h1-4H,5-6H2. The molecule has 13 heavy (non-hydrogen) atoms. The molecule has 0 saturated heterocycles. The number of hydrogen-bond donors (Lipinski definition) is 0. The Hall–Kier alpha value is -0.940. The number of rotatable bonds is 4. The van der Waals surface area contributed by atoms with E-state index in [1.54, 1.807) is 12.1 Å². The van der Waals surface area contributed by atoms with Crippen LogP contribution in [0.5, 0.6) is 0 Å². The summed E-state index contributed by atoms with van der Waals surface area (Å²) in [6.45, 7) is 0.462. The van der Waals surface area contributed by atoms with Crippen LogP contribution in [0.25, 0.3) is 0 Å². The van der Waals surface area contributed by atoms with Crippen molar-refractivity contribution in [3.05, 3.63) is 39.9 Å². The number of halogens is 1. The molecule has 5 heteroatoms. The molecule has 0 fully saturated rings. The van der Waals surface area contributed by atoms with E-state index >= 15 is 0 Å². The summed E-state index contributed by atoms with van der Waals surface area (Å²) in [6, 6.07) is 6.29. The van der Waals surface area contributed by atoms with Gasteiger partial charge >= 0.3 is 0 Å². The zero-order chi connectivity index (χ0) is 9.68. The molecule has 0 atom stereocenters. The van der Waals surface area contributed by atoms with Gasteiger partial charge in [0.1, 0.15) is 5.52 Å². The summed E-state index contributed by atoms with van der Waals surface area (Å²) in [5.74, 6) is 0. The van der Waals surface area contributed by atoms with Gasteiger partial charge in [0.25, 0.3) is 5.69 Å². The summed E-state index contributed by atoms with van der Waals surface area (Å²) in [5.41, 5.74) is 1.48. The number of benzene rings is 1. The molecule has 0 aliphatic rings. The number of hydrogen-bond acceptors (Lipinski definition) is 3. The lowest BCUT2D eigenvalue weighted by atomic mass is 10.2. The zero-order valence-electron chi connectivity index (χ0n) is 6.77. The van der Waals surface area contributed by atoms with Crippen LogP contribution in [0.15, 0.2) is 24.3 Å². The van der Waals surface area contributed by atoms with Gasteiger partial charge in [0.15, 0.2) is 0 Å². The van der Waals surface area contributed by atoms with E-state index in [1.807, 2.05) is 0 Å². The summed E-state index contributed by atoms with van der Waals surface area (Å²) in [6.07, 6.45) is 0. The van der Waals surface area contributed by atoms with Crippen molar-refractivity contribution in [1.82, 2.24) is 0 Å². The number of non-ortho nitro benzene ring substituents is 1. The Balaban J connectivity index is 2.64. The van der Waals surface area contributed by atoms with Crippen molar-refractivity contribution in [3.63, 3.8) is 0 Å². The normalized spacial score (nSPS) is 9.92. The van der Waals surface area contributed by atoms with Crippen molar-refractivity contribution in [3.8, 4) is 0 Å². The lowest BCUT2D eigenvalue weighted by Crippen LogP contribution is -1.91. The van der Waals surface area contributed by atoms with E-state index in [9.17, 15) is 10.1 Å². The van der Waals surface area contributed by atoms with Gasteiger partial charge in [-0.3, -0.25) is 10.1 Å². The van der Waals surface area contributed by atoms with Crippen LogP contribution in [0.2, 0.25) is 0 Å². The van der Waals surface area contributed by atoms with E-state index in [0.717, 1.165) is 5.56 Å². The van der Waals surface area contributed by atoms with E-state index in [1.165, 1.54) is 12.1 Å². The molecule has 0 N–H and O–H groups in total. The lowest BCUT2D eigenvalue weighted by Gasteiger charge is -1.99. The molecule has 0 aliphatic carbocycles. The molecule has 0 heterocycles. The highest BCUT2D eigenvalue weighted by Crippen LogP contribution is 2.12. The fourth-order valence-electron chi connectivity index (χ4n) is 0.870. The largest absolute Gasteiger partial charge is 0.366 e. The first kappa shape index (κ1) is 10.1. The van der Waals surface area contributed by atoms with Crippen molar-refractivity contribution < 1.29 is 9.66 Å². The number of nitro benzene ring substituents is 1. The molecule has 0 aromatic heterocycles. The number of nitro groups is 1. The third kappa shape index (κ3) is 3.12. The topological polar surface area (TPSA) is 52.4 Å². The van der Waals surface area contributed by atoms with Crippen molar-refractivity contribution in [1.29, 1.82) is 0 Å². The van der Waals surface area contributed by atoms with Crippen LogP contribution in [-0.4, -0.2) is 10.4 Å². The number of alkyl halides is 1. The van der Waals surface area contributed by atoms with Gasteiger partial charge in [-0.2, -0.15) is 0 Å². The highest BCUT2D eigenvalue weighted by Gasteiger charge is 2.03. The van der Waals surface area contributed by atoms with E-state index < -0.39 is 4.92 Å². The van der Waals surface area contributed by atoms with Gasteiger partial charge < -0.3 is 4.74 Å². The molecule has 1 aromatic carbocycles. The molecule has 0 bridgehead atoms. The van der Waals surface area contributed by atoms with Gasteiger partial charge in [-0.15, -0.1) is 0 Å². The quantitative estimate of drug-likeness (QED) is 0.465. The third-order valence-electron chi connectivity index (χ3n) is 1.49. The Morgan fingerprint density at radius 2 is 2.00 bits per heavy atom. The SMILES string of the molecule is O=[N+]([O-])c1ccc(COCBr)cc1. The van der Waals surface area contributed by atoms with Gasteiger partial charge in [0.2, 0.25) is 0 Å². The molecule has 1 rings (SSSR count). The summed E-state index contributed by atoms with van der Waals surface area (Å²) >= 11 is 3.11. The average molecular weight is 246 g/mol. The van der Waals surface area contributed by atoms with E-state index in [4.69, 9.17) is 4.74 Å². The van der Waals surface area contributed by atoms with Crippen molar-refractivity contribution in [2.45, 2.75) is 6.61 Å². The van der Waals surface area contributed by atoms with Crippen molar-refractivity contribution >= 4 is 21.6 Å². The smallest absolute Gasteiger partial charge is 0.269 e. The molecule has 0 saturated carbocycles. The lowest BCUT2D eigenvalue weighted by molar-refractivity contribution is -0.384. The molecule has 0 amide bonds. The minimum Gasteiger partial charge on any atom is -0.366 e. The maximum absolute atomic E-state index is 10.3. The molecular weight excluding hydrogens is 238 g/mol. The number of ether oxygens (including phenoxy) is 1. The maximum atomic E-state index is 10.3. The first-order chi connectivity index (χ1) is 6.24. The minimum atomic E-state index is -0.422. The summed E-state index contributed by atoms with van der Waals surface area (Å²) in [4.78, 5) is 9.87. The van der Waals surface area contributed by atoms with Crippen LogP contribution in [0, 0.1) is 10.1 Å². The van der Waals surface area contributed by atoms with E-state index in [-0.39, 0.29) is 5.69 Å². The molecule has 70 valence electrons. The highest BCUT2D eigenvalue weighted by atomic mass is 79.9. The molecule has 0 aliphatic heterocycles. The molecule has 0 spiro atoms. The minimum absolute atomic E-state index is 0.0996. The van der Waals surface area contributed by atoms with Crippen LogP contribution < -0.4 is 0 Å². The van der Waals surface area contributed by atoms with Gasteiger partial charge in [0.05, 0.1) is 11.5 Å². The maximum Gasteiger partial charge on any atom is 0.269 e. The second kappa shape index (κ2) is 4.94. The zero-order valence-corrected chi connectivity index (χ0v) is 8.36. The van der Waals surface area contributed by atoms with Crippen molar-refractivity contribution in [2.75, 3.05) is 5.52 Å². The summed E-state index contributed by atoms with van der Waals surface area (Å²) < 4.78 is 5.07. The van der Waals surface area contributed by atoms with Crippen LogP contribution in [0.3, 0.4) is 0 Å². The third-order valence-corrected chi connectivity index (χ3v) is 1.82. The van der Waals surface area contributed by atoms with Gasteiger partial charge in [-0.05, 0) is 17.7 Å². The van der Waals surface area contributed by atoms with Crippen LogP contribution in [0.1, 0.15) is 5.56 Å². The first-order valence-electron chi connectivity index (χ1n) is 3.61. The number of nitrogens with zero attached hydrogens (tertiary/aromatic N) is 1. The highest BCUT2D eigenvalue weighted by molar-refractivity contribution is 9.09. The molecule has 0 unspecified atom stereocenters. The van der Waals surface area contributed by atoms with Gasteiger partial charge in [0, 0.05) is 12.1 Å². The second-order valence-electron chi connectivity index (χ2n) is 2.38. The Morgan fingerprint density at radius 1 is 1.38 bits per heavy atom. The molecule has 0 radical (unpaired) electrons. The van der Waals surface area contributed by atoms with E-state index in [0.29, 0.717) is 12.1 Å². The predicted molar refractivity (Wildman–Crippen MR) is 51.7 cm³/mol. The fraction of sp³-hybridized carbons (Fsp3) is 0.250. The predicted octanol–water partition coefficient (Wildman–Crippen LogP) is 2.46. The summed E-state index contributed by atoms with van der Waals surface area (Å²) in [5, 5.41) is 10.3. The van der Waals surface area contributed by atoms with Crippen LogP contribution in [-0.2, 0) is 11.3 Å². The Kier molecular flexibility index (Phi) is 3.85. The molecular formula is C8H8BrNO3. The van der Waals surface area contributed by atoms with Crippen LogP contribution in [0.4, 0.5) is 5.69 Å². The Labute approximate surface area is 83.8 Å². The Morgan fingerprint density at radius 3 is 2.46 bits per heavy atom. The van der Waals surface area contributed by atoms with Crippen LogP contribution >= 0.6 is 15.9 Å². The monoisotopic (exact) mass is 245 g/mol. The Bertz CT molecular complexity index is 286. The fourth-order valence-corrected chi connectivity index (χ4v) is 1.03. The second-order valence-corrected chi connectivity index (χ2v) is 2.84. The summed E-state index contributed by atoms with van der Waals surface area (Å²) in [7, 11) is 0. The van der Waals surface area contributed by atoms with Crippen molar-refractivity contribution in [2.24, 2.45) is 0 Å². The van der Waals surface area contributed by atoms with Gasteiger partial charge in [-0.25, -0.2) is 0 Å². The van der Waals surface area contributed by atoms with E-state index in [2.05, 4.69) is 15.9 Å².